The molecular weight excluding hydrogens is 397 g/mol. The van der Waals surface area contributed by atoms with Crippen LogP contribution in [0.2, 0.25) is 15.1 Å². The van der Waals surface area contributed by atoms with E-state index >= 15 is 0 Å². The Morgan fingerprint density at radius 3 is 2.35 bits per heavy atom. The summed E-state index contributed by atoms with van der Waals surface area (Å²) in [6, 6.07) is 10.1. The molecule has 0 saturated heterocycles. The molecule has 0 atom stereocenters. The van der Waals surface area contributed by atoms with E-state index in [4.69, 9.17) is 34.8 Å². The smallest absolute Gasteiger partial charge is 0.240 e. The Labute approximate surface area is 166 Å². The van der Waals surface area contributed by atoms with E-state index in [2.05, 4.69) is 15.8 Å². The van der Waals surface area contributed by atoms with Crippen molar-refractivity contribution < 1.29 is 9.59 Å². The van der Waals surface area contributed by atoms with Gasteiger partial charge in [-0.2, -0.15) is 5.10 Å². The number of rotatable bonds is 6. The molecule has 5 nitrogen and oxygen atoms in total. The van der Waals surface area contributed by atoms with Crippen LogP contribution in [0, 0.1) is 6.92 Å². The number of halogens is 3. The van der Waals surface area contributed by atoms with Crippen LogP contribution in [0.4, 0.5) is 5.69 Å². The number of anilines is 1. The SMILES string of the molecule is Cc1cc(Cl)ccc1NC(=O)CCC(=O)NN=Cc1ccc(Cl)cc1Cl. The molecule has 0 radical (unpaired) electrons. The number of hydrazone groups is 1. The lowest BCUT2D eigenvalue weighted by atomic mass is 10.2. The summed E-state index contributed by atoms with van der Waals surface area (Å²) in [5.74, 6) is -0.649. The van der Waals surface area contributed by atoms with E-state index in [1.54, 1.807) is 36.4 Å². The predicted octanol–water partition coefficient (Wildman–Crippen LogP) is 4.82. The molecular formula is C18H16Cl3N3O2. The van der Waals surface area contributed by atoms with Gasteiger partial charge in [-0.1, -0.05) is 40.9 Å². The Balaban J connectivity index is 1.79. The normalized spacial score (nSPS) is 10.8. The minimum atomic E-state index is -0.380. The summed E-state index contributed by atoms with van der Waals surface area (Å²) < 4.78 is 0. The highest BCUT2D eigenvalue weighted by Gasteiger charge is 2.08. The van der Waals surface area contributed by atoms with E-state index in [1.165, 1.54) is 6.21 Å². The minimum Gasteiger partial charge on any atom is -0.326 e. The first-order valence-electron chi connectivity index (χ1n) is 7.68. The molecule has 0 aliphatic carbocycles. The van der Waals surface area contributed by atoms with Crippen molar-refractivity contribution in [3.05, 3.63) is 62.6 Å². The van der Waals surface area contributed by atoms with Gasteiger partial charge in [-0.05, 0) is 42.8 Å². The van der Waals surface area contributed by atoms with Gasteiger partial charge in [0.25, 0.3) is 0 Å². The highest BCUT2D eigenvalue weighted by Crippen LogP contribution is 2.20. The lowest BCUT2D eigenvalue weighted by molar-refractivity contribution is -0.124. The van der Waals surface area contributed by atoms with E-state index in [0.29, 0.717) is 26.3 Å². The quantitative estimate of drug-likeness (QED) is 0.527. The molecule has 0 fully saturated rings. The van der Waals surface area contributed by atoms with E-state index in [1.807, 2.05) is 6.92 Å². The van der Waals surface area contributed by atoms with Gasteiger partial charge < -0.3 is 5.32 Å². The fourth-order valence-electron chi connectivity index (χ4n) is 2.04. The maximum absolute atomic E-state index is 11.9. The molecule has 2 rings (SSSR count). The molecule has 2 aromatic rings. The van der Waals surface area contributed by atoms with Crippen molar-refractivity contribution >= 4 is 58.5 Å². The summed E-state index contributed by atoms with van der Waals surface area (Å²) in [4.78, 5) is 23.7. The third-order valence-corrected chi connectivity index (χ3v) is 4.19. The molecule has 0 saturated carbocycles. The number of nitrogens with zero attached hydrogens (tertiary/aromatic N) is 1. The van der Waals surface area contributed by atoms with Crippen LogP contribution in [0.25, 0.3) is 0 Å². The number of carbonyl (C=O) groups excluding carboxylic acids is 2. The monoisotopic (exact) mass is 411 g/mol. The average Bonchev–Trinajstić information content (AvgIpc) is 2.57. The van der Waals surface area contributed by atoms with Crippen molar-refractivity contribution in [1.82, 2.24) is 5.43 Å². The Bertz CT molecular complexity index is 854. The lowest BCUT2D eigenvalue weighted by Gasteiger charge is -2.08. The number of nitrogens with one attached hydrogen (secondary N) is 2. The largest absolute Gasteiger partial charge is 0.326 e. The van der Waals surface area contributed by atoms with E-state index < -0.39 is 0 Å². The van der Waals surface area contributed by atoms with E-state index in [-0.39, 0.29) is 24.7 Å². The van der Waals surface area contributed by atoms with Crippen molar-refractivity contribution in [3.63, 3.8) is 0 Å². The van der Waals surface area contributed by atoms with Crippen LogP contribution < -0.4 is 10.7 Å². The van der Waals surface area contributed by atoms with Crippen molar-refractivity contribution in [1.29, 1.82) is 0 Å². The molecule has 26 heavy (non-hydrogen) atoms. The number of carbonyl (C=O) groups is 2. The van der Waals surface area contributed by atoms with E-state index in [9.17, 15) is 9.59 Å². The van der Waals surface area contributed by atoms with Crippen molar-refractivity contribution in [2.75, 3.05) is 5.32 Å². The Morgan fingerprint density at radius 2 is 1.65 bits per heavy atom. The third-order valence-electron chi connectivity index (χ3n) is 3.40. The summed E-state index contributed by atoms with van der Waals surface area (Å²) in [6.07, 6.45) is 1.45. The second-order valence-electron chi connectivity index (χ2n) is 5.47. The van der Waals surface area contributed by atoms with Gasteiger partial charge in [0.1, 0.15) is 0 Å². The summed E-state index contributed by atoms with van der Waals surface area (Å²) in [5.41, 5.74) is 4.48. The Kier molecular flexibility index (Phi) is 7.45. The molecule has 0 heterocycles. The summed E-state index contributed by atoms with van der Waals surface area (Å²) >= 11 is 17.7. The summed E-state index contributed by atoms with van der Waals surface area (Å²) in [7, 11) is 0. The van der Waals surface area contributed by atoms with Crippen LogP contribution >= 0.6 is 34.8 Å². The highest BCUT2D eigenvalue weighted by molar-refractivity contribution is 6.36. The zero-order valence-corrected chi connectivity index (χ0v) is 16.1. The molecule has 0 aliphatic heterocycles. The summed E-state index contributed by atoms with van der Waals surface area (Å²) in [6.45, 7) is 1.84. The molecule has 0 spiro atoms. The van der Waals surface area contributed by atoms with Gasteiger partial charge in [0.15, 0.2) is 0 Å². The predicted molar refractivity (Wildman–Crippen MR) is 106 cm³/mol. The topological polar surface area (TPSA) is 70.6 Å². The zero-order valence-electron chi connectivity index (χ0n) is 13.9. The van der Waals surface area contributed by atoms with Crippen LogP contribution in [0.15, 0.2) is 41.5 Å². The van der Waals surface area contributed by atoms with Gasteiger partial charge in [0, 0.05) is 34.1 Å². The van der Waals surface area contributed by atoms with Crippen LogP contribution in [0.5, 0.6) is 0 Å². The number of aryl methyl sites for hydroxylation is 1. The number of benzene rings is 2. The van der Waals surface area contributed by atoms with Crippen LogP contribution in [0.3, 0.4) is 0 Å². The molecule has 0 bridgehead atoms. The Hall–Kier alpha value is -2.08. The molecule has 0 aromatic heterocycles. The van der Waals surface area contributed by atoms with Gasteiger partial charge in [-0.25, -0.2) is 5.43 Å². The fraction of sp³-hybridized carbons (Fsp3) is 0.167. The molecule has 0 unspecified atom stereocenters. The first kappa shape index (κ1) is 20.2. The second kappa shape index (κ2) is 9.57. The average molecular weight is 413 g/mol. The first-order chi connectivity index (χ1) is 12.3. The third kappa shape index (κ3) is 6.33. The van der Waals surface area contributed by atoms with Crippen molar-refractivity contribution in [2.45, 2.75) is 19.8 Å². The first-order valence-corrected chi connectivity index (χ1v) is 8.81. The lowest BCUT2D eigenvalue weighted by Crippen LogP contribution is -2.20. The summed E-state index contributed by atoms with van der Waals surface area (Å²) in [5, 5.41) is 8.09. The standard InChI is InChI=1S/C18H16Cl3N3O2/c1-11-8-13(19)4-5-16(11)23-17(25)6-7-18(26)24-22-10-12-2-3-14(20)9-15(12)21/h2-5,8-10H,6-7H2,1H3,(H,23,25)(H,24,26). The van der Waals surface area contributed by atoms with Gasteiger partial charge in [0.2, 0.25) is 11.8 Å². The second-order valence-corrected chi connectivity index (χ2v) is 6.75. The van der Waals surface area contributed by atoms with Crippen molar-refractivity contribution in [2.24, 2.45) is 5.10 Å². The van der Waals surface area contributed by atoms with Gasteiger partial charge in [-0.15, -0.1) is 0 Å². The minimum absolute atomic E-state index is 0.00413. The van der Waals surface area contributed by atoms with Crippen LogP contribution in [-0.4, -0.2) is 18.0 Å². The molecule has 0 aliphatic rings. The van der Waals surface area contributed by atoms with Crippen molar-refractivity contribution in [3.8, 4) is 0 Å². The van der Waals surface area contributed by atoms with E-state index in [0.717, 1.165) is 5.56 Å². The maximum atomic E-state index is 11.9. The van der Waals surface area contributed by atoms with Crippen LogP contribution in [0.1, 0.15) is 24.0 Å². The van der Waals surface area contributed by atoms with Crippen LogP contribution in [-0.2, 0) is 9.59 Å². The zero-order chi connectivity index (χ0) is 19.1. The van der Waals surface area contributed by atoms with Gasteiger partial charge >= 0.3 is 0 Å². The molecule has 2 amide bonds. The fourth-order valence-corrected chi connectivity index (χ4v) is 2.73. The molecule has 136 valence electrons. The van der Waals surface area contributed by atoms with Gasteiger partial charge in [-0.3, -0.25) is 9.59 Å². The molecule has 8 heteroatoms. The van der Waals surface area contributed by atoms with Gasteiger partial charge in [0.05, 0.1) is 11.2 Å². The highest BCUT2D eigenvalue weighted by atomic mass is 35.5. The number of hydrogen-bond acceptors (Lipinski definition) is 3. The number of hydrogen-bond donors (Lipinski definition) is 2. The molecule has 2 aromatic carbocycles. The number of amides is 2. The Morgan fingerprint density at radius 1 is 1.00 bits per heavy atom. The molecule has 2 N–H and O–H groups in total. The maximum Gasteiger partial charge on any atom is 0.240 e.